The molecule has 1 unspecified atom stereocenters. The molecular formula is C20H29ClN4O. The predicted molar refractivity (Wildman–Crippen MR) is 105 cm³/mol. The van der Waals surface area contributed by atoms with E-state index in [4.69, 9.17) is 9.51 Å². The van der Waals surface area contributed by atoms with Crippen LogP contribution in [0.4, 0.5) is 0 Å². The number of halogens is 1. The van der Waals surface area contributed by atoms with E-state index >= 15 is 0 Å². The third-order valence-electron chi connectivity index (χ3n) is 6.03. The molecule has 26 heavy (non-hydrogen) atoms. The molecule has 2 heterocycles. The molecule has 1 aromatic carbocycles. The van der Waals surface area contributed by atoms with Crippen molar-refractivity contribution in [1.29, 1.82) is 0 Å². The fourth-order valence-corrected chi connectivity index (χ4v) is 4.52. The van der Waals surface area contributed by atoms with Gasteiger partial charge in [0.25, 0.3) is 0 Å². The fourth-order valence-electron chi connectivity index (χ4n) is 4.52. The van der Waals surface area contributed by atoms with Crippen molar-refractivity contribution in [2.45, 2.75) is 50.5 Å². The van der Waals surface area contributed by atoms with Gasteiger partial charge < -0.3 is 9.84 Å². The number of likely N-dealkylation sites (N-methyl/N-ethyl adjacent to an activating group) is 1. The first-order valence-electron chi connectivity index (χ1n) is 9.52. The van der Waals surface area contributed by atoms with Crippen LogP contribution in [0.1, 0.15) is 61.0 Å². The Kier molecular flexibility index (Phi) is 6.00. The Morgan fingerprint density at radius 2 is 1.96 bits per heavy atom. The van der Waals surface area contributed by atoms with E-state index in [1.54, 1.807) is 0 Å². The van der Waals surface area contributed by atoms with Crippen molar-refractivity contribution in [3.63, 3.8) is 0 Å². The molecule has 0 spiro atoms. The van der Waals surface area contributed by atoms with Gasteiger partial charge in [-0.05, 0) is 37.9 Å². The van der Waals surface area contributed by atoms with E-state index in [-0.39, 0.29) is 23.9 Å². The number of aryl methyl sites for hydroxylation is 1. The van der Waals surface area contributed by atoms with Gasteiger partial charge in [-0.1, -0.05) is 48.7 Å². The lowest BCUT2D eigenvalue weighted by atomic mass is 9.68. The highest BCUT2D eigenvalue weighted by Gasteiger charge is 2.42. The highest BCUT2D eigenvalue weighted by Crippen LogP contribution is 2.45. The zero-order valence-corrected chi connectivity index (χ0v) is 16.5. The van der Waals surface area contributed by atoms with E-state index in [9.17, 15) is 0 Å². The van der Waals surface area contributed by atoms with Gasteiger partial charge in [0.2, 0.25) is 5.89 Å². The fraction of sp³-hybridized carbons (Fsp3) is 0.600. The monoisotopic (exact) mass is 376 g/mol. The minimum absolute atomic E-state index is 0. The molecule has 6 heteroatoms. The van der Waals surface area contributed by atoms with Crippen LogP contribution >= 0.6 is 12.4 Å². The zero-order chi connectivity index (χ0) is 17.3. The van der Waals surface area contributed by atoms with Gasteiger partial charge in [0.1, 0.15) is 0 Å². The Morgan fingerprint density at radius 1 is 1.19 bits per heavy atom. The largest absolute Gasteiger partial charge is 0.338 e. The van der Waals surface area contributed by atoms with Crippen LogP contribution in [0, 0.1) is 6.92 Å². The molecular weight excluding hydrogens is 348 g/mol. The van der Waals surface area contributed by atoms with E-state index in [0.29, 0.717) is 0 Å². The highest BCUT2D eigenvalue weighted by molar-refractivity contribution is 5.85. The summed E-state index contributed by atoms with van der Waals surface area (Å²) in [5, 5.41) is 7.84. The molecule has 2 aliphatic rings. The van der Waals surface area contributed by atoms with E-state index in [2.05, 4.69) is 53.6 Å². The summed E-state index contributed by atoms with van der Waals surface area (Å²) in [6.45, 7) is 5.11. The average Bonchev–Trinajstić information content (AvgIpc) is 3.13. The molecule has 0 bridgehead atoms. The second-order valence-corrected chi connectivity index (χ2v) is 7.62. The van der Waals surface area contributed by atoms with Crippen LogP contribution in [0.3, 0.4) is 0 Å². The first kappa shape index (κ1) is 19.3. The smallest absolute Gasteiger partial charge is 0.237 e. The highest BCUT2D eigenvalue weighted by atomic mass is 35.5. The third kappa shape index (κ3) is 3.40. The standard InChI is InChI=1S/C20H28N4O.ClH/c1-15-8-4-5-9-16(15)20(10-6-3-7-11-20)19-22-18(23-25-19)17-14-21-12-13-24(17)2;/h4-5,8-9,17,21H,3,6-7,10-14H2,1-2H3;1H. The molecule has 4 rings (SSSR count). The second-order valence-electron chi connectivity index (χ2n) is 7.62. The summed E-state index contributed by atoms with van der Waals surface area (Å²) in [4.78, 5) is 7.25. The normalized spacial score (nSPS) is 23.4. The van der Waals surface area contributed by atoms with Crippen LogP contribution in [0.15, 0.2) is 28.8 Å². The lowest BCUT2D eigenvalue weighted by molar-refractivity contribution is 0.189. The Morgan fingerprint density at radius 3 is 2.69 bits per heavy atom. The molecule has 1 saturated carbocycles. The van der Waals surface area contributed by atoms with Crippen LogP contribution in [0.25, 0.3) is 0 Å². The summed E-state index contributed by atoms with van der Waals surface area (Å²) in [6, 6.07) is 8.89. The molecule has 1 saturated heterocycles. The van der Waals surface area contributed by atoms with Crippen molar-refractivity contribution < 1.29 is 4.52 Å². The number of hydrogen-bond acceptors (Lipinski definition) is 5. The van der Waals surface area contributed by atoms with Crippen molar-refractivity contribution in [3.05, 3.63) is 47.1 Å². The molecule has 0 amide bonds. The van der Waals surface area contributed by atoms with Crippen molar-refractivity contribution in [3.8, 4) is 0 Å². The molecule has 1 aliphatic carbocycles. The summed E-state index contributed by atoms with van der Waals surface area (Å²) in [5.41, 5.74) is 2.57. The van der Waals surface area contributed by atoms with Gasteiger partial charge in [0.05, 0.1) is 11.5 Å². The molecule has 1 atom stereocenters. The first-order chi connectivity index (χ1) is 12.2. The molecule has 0 radical (unpaired) electrons. The maximum atomic E-state index is 5.90. The Labute approximate surface area is 162 Å². The lowest BCUT2D eigenvalue weighted by Gasteiger charge is -2.35. The number of benzene rings is 1. The van der Waals surface area contributed by atoms with Crippen molar-refractivity contribution in [1.82, 2.24) is 20.4 Å². The van der Waals surface area contributed by atoms with Gasteiger partial charge >= 0.3 is 0 Å². The van der Waals surface area contributed by atoms with Crippen LogP contribution in [-0.2, 0) is 5.41 Å². The summed E-state index contributed by atoms with van der Waals surface area (Å²) in [6.07, 6.45) is 5.92. The number of nitrogens with zero attached hydrogens (tertiary/aromatic N) is 3. The SMILES string of the molecule is Cc1ccccc1C1(c2nc(C3CNCCN3C)no2)CCCCC1.Cl. The minimum Gasteiger partial charge on any atom is -0.338 e. The van der Waals surface area contributed by atoms with Gasteiger partial charge in [0.15, 0.2) is 5.82 Å². The Balaban J connectivity index is 0.00000196. The molecule has 5 nitrogen and oxygen atoms in total. The van der Waals surface area contributed by atoms with Crippen molar-refractivity contribution in [2.24, 2.45) is 0 Å². The average molecular weight is 377 g/mol. The van der Waals surface area contributed by atoms with E-state index in [0.717, 1.165) is 44.2 Å². The van der Waals surface area contributed by atoms with Crippen LogP contribution < -0.4 is 5.32 Å². The predicted octanol–water partition coefficient (Wildman–Crippen LogP) is 3.63. The van der Waals surface area contributed by atoms with Gasteiger partial charge in [-0.3, -0.25) is 4.90 Å². The summed E-state index contributed by atoms with van der Waals surface area (Å²) in [5.74, 6) is 1.64. The molecule has 1 aromatic heterocycles. The molecule has 2 fully saturated rings. The van der Waals surface area contributed by atoms with Crippen LogP contribution in [0.2, 0.25) is 0 Å². The minimum atomic E-state index is -0.116. The van der Waals surface area contributed by atoms with Crippen molar-refractivity contribution in [2.75, 3.05) is 26.7 Å². The number of piperazine rings is 1. The Bertz CT molecular complexity index is 726. The van der Waals surface area contributed by atoms with E-state index < -0.39 is 0 Å². The second kappa shape index (κ2) is 8.07. The maximum absolute atomic E-state index is 5.90. The van der Waals surface area contributed by atoms with Gasteiger partial charge in [-0.15, -0.1) is 12.4 Å². The first-order valence-corrected chi connectivity index (χ1v) is 9.52. The summed E-state index contributed by atoms with van der Waals surface area (Å²) < 4.78 is 5.90. The zero-order valence-electron chi connectivity index (χ0n) is 15.7. The van der Waals surface area contributed by atoms with Gasteiger partial charge in [-0.2, -0.15) is 4.98 Å². The lowest BCUT2D eigenvalue weighted by Crippen LogP contribution is -2.44. The molecule has 142 valence electrons. The molecule has 1 aliphatic heterocycles. The van der Waals surface area contributed by atoms with Crippen LogP contribution in [0.5, 0.6) is 0 Å². The van der Waals surface area contributed by atoms with Crippen LogP contribution in [-0.4, -0.2) is 41.7 Å². The maximum Gasteiger partial charge on any atom is 0.237 e. The summed E-state index contributed by atoms with van der Waals surface area (Å²) >= 11 is 0. The van der Waals surface area contributed by atoms with Gasteiger partial charge in [0, 0.05) is 19.6 Å². The van der Waals surface area contributed by atoms with Crippen molar-refractivity contribution >= 4 is 12.4 Å². The number of hydrogen-bond donors (Lipinski definition) is 1. The quantitative estimate of drug-likeness (QED) is 0.886. The number of aromatic nitrogens is 2. The third-order valence-corrected chi connectivity index (χ3v) is 6.03. The topological polar surface area (TPSA) is 54.2 Å². The number of nitrogens with one attached hydrogen (secondary N) is 1. The molecule has 2 aromatic rings. The van der Waals surface area contributed by atoms with E-state index in [1.165, 1.54) is 30.4 Å². The molecule has 1 N–H and O–H groups in total. The Hall–Kier alpha value is -1.43. The van der Waals surface area contributed by atoms with E-state index in [1.807, 2.05) is 0 Å². The summed E-state index contributed by atoms with van der Waals surface area (Å²) in [7, 11) is 2.14. The van der Waals surface area contributed by atoms with Gasteiger partial charge in [-0.25, -0.2) is 0 Å². The number of rotatable bonds is 3.